The summed E-state index contributed by atoms with van der Waals surface area (Å²) in [4.78, 5) is 25.8. The van der Waals surface area contributed by atoms with Crippen LogP contribution >= 0.6 is 0 Å². The molecule has 0 radical (unpaired) electrons. The Bertz CT molecular complexity index is 1850. The van der Waals surface area contributed by atoms with E-state index in [2.05, 4.69) is 0 Å². The zero-order valence-electron chi connectivity index (χ0n) is 23.6. The second kappa shape index (κ2) is 12.5. The Morgan fingerprint density at radius 2 is 1.62 bits per heavy atom. The first kappa shape index (κ1) is 33.5. The van der Waals surface area contributed by atoms with Crippen molar-refractivity contribution in [2.24, 2.45) is 0 Å². The van der Waals surface area contributed by atoms with Gasteiger partial charge in [0.15, 0.2) is 5.78 Å². The quantitative estimate of drug-likeness (QED) is 0.136. The number of sulfonamides is 1. The highest BCUT2D eigenvalue weighted by Gasteiger charge is 2.57. The predicted octanol–water partition coefficient (Wildman–Crippen LogP) is 7.16. The third-order valence-corrected chi connectivity index (χ3v) is 7.97. The van der Waals surface area contributed by atoms with Crippen LogP contribution in [0.25, 0.3) is 33.4 Å². The van der Waals surface area contributed by atoms with Crippen LogP contribution in [0.1, 0.15) is 34.1 Å². The number of ketones is 1. The van der Waals surface area contributed by atoms with Crippen molar-refractivity contribution in [3.8, 4) is 22.5 Å². The normalized spacial score (nSPS) is 12.4. The van der Waals surface area contributed by atoms with Crippen molar-refractivity contribution in [3.63, 3.8) is 0 Å². The number of hydrogen-bond acceptors (Lipinski definition) is 5. The van der Waals surface area contributed by atoms with Crippen LogP contribution in [0, 0.1) is 5.82 Å². The molecule has 0 spiro atoms. The number of nitrogens with one attached hydrogen (secondary N) is 1. The Kier molecular flexibility index (Phi) is 9.33. The Morgan fingerprint density at radius 1 is 0.956 bits per heavy atom. The standard InChI is InChI=1S/C30H25F7N2O5S/c1-3-24(40)26-22-14-21(18-5-4-6-19(13-18)28(41)38-16-29(33,34)30(35,36)37)23(39(12-11-31)45(2,42)43)15-25(22)44-27(26)17-7-9-20(32)10-8-17/h4-10,13-15H,3,11-12,16H2,1-2H3,(H,38,41). The molecule has 0 aliphatic rings. The molecule has 45 heavy (non-hydrogen) atoms. The van der Waals surface area contributed by atoms with E-state index in [1.54, 1.807) is 12.2 Å². The van der Waals surface area contributed by atoms with Crippen molar-refractivity contribution in [2.45, 2.75) is 25.4 Å². The number of halogens is 7. The van der Waals surface area contributed by atoms with Crippen molar-refractivity contribution >= 4 is 38.4 Å². The number of rotatable bonds is 11. The molecule has 1 amide bonds. The van der Waals surface area contributed by atoms with Crippen molar-refractivity contribution in [2.75, 3.05) is 30.3 Å². The van der Waals surface area contributed by atoms with E-state index in [1.807, 2.05) is 0 Å². The first-order chi connectivity index (χ1) is 21.0. The van der Waals surface area contributed by atoms with Gasteiger partial charge in [0.2, 0.25) is 10.0 Å². The maximum absolute atomic E-state index is 13.6. The van der Waals surface area contributed by atoms with Gasteiger partial charge in [-0.05, 0) is 48.0 Å². The minimum Gasteiger partial charge on any atom is -0.455 e. The summed E-state index contributed by atoms with van der Waals surface area (Å²) in [6, 6.07) is 12.6. The van der Waals surface area contributed by atoms with Crippen LogP contribution < -0.4 is 9.62 Å². The van der Waals surface area contributed by atoms with E-state index in [9.17, 15) is 48.7 Å². The third-order valence-electron chi connectivity index (χ3n) is 6.79. The number of furan rings is 1. The van der Waals surface area contributed by atoms with Gasteiger partial charge in [-0.25, -0.2) is 17.2 Å². The number of fused-ring (bicyclic) bond motifs is 1. The summed E-state index contributed by atoms with van der Waals surface area (Å²) in [5.74, 6) is -7.38. The number of amides is 1. The van der Waals surface area contributed by atoms with E-state index < -0.39 is 59.4 Å². The maximum Gasteiger partial charge on any atom is 0.455 e. The second-order valence-corrected chi connectivity index (χ2v) is 11.9. The van der Waals surface area contributed by atoms with Crippen LogP contribution in [0.2, 0.25) is 0 Å². The van der Waals surface area contributed by atoms with Crippen LogP contribution in [0.3, 0.4) is 0 Å². The van der Waals surface area contributed by atoms with Crippen LogP contribution in [0.4, 0.5) is 36.4 Å². The summed E-state index contributed by atoms with van der Waals surface area (Å²) in [6.07, 6.45) is -5.07. The fourth-order valence-corrected chi connectivity index (χ4v) is 5.50. The van der Waals surface area contributed by atoms with Gasteiger partial charge in [0.25, 0.3) is 5.91 Å². The average molecular weight is 659 g/mol. The Labute approximate surface area is 252 Å². The summed E-state index contributed by atoms with van der Waals surface area (Å²) in [7, 11) is -4.15. The fraction of sp³-hybridized carbons (Fsp3) is 0.267. The topological polar surface area (TPSA) is 96.7 Å². The van der Waals surface area contributed by atoms with Gasteiger partial charge >= 0.3 is 12.1 Å². The summed E-state index contributed by atoms with van der Waals surface area (Å²) < 4.78 is 124. The molecular formula is C30H25F7N2O5S. The van der Waals surface area contributed by atoms with Crippen molar-refractivity contribution in [1.29, 1.82) is 0 Å². The number of Topliss-reactive ketones (excluding diaryl/α,β-unsaturated/α-hetero) is 1. The first-order valence-electron chi connectivity index (χ1n) is 13.2. The van der Waals surface area contributed by atoms with Crippen molar-refractivity contribution < 1.29 is 53.2 Å². The van der Waals surface area contributed by atoms with Gasteiger partial charge in [-0.2, -0.15) is 22.0 Å². The molecule has 15 heteroatoms. The van der Waals surface area contributed by atoms with E-state index in [0.717, 1.165) is 34.8 Å². The van der Waals surface area contributed by atoms with Gasteiger partial charge in [0, 0.05) is 34.6 Å². The van der Waals surface area contributed by atoms with Crippen LogP contribution in [-0.2, 0) is 10.0 Å². The smallest absolute Gasteiger partial charge is 0.455 e. The predicted molar refractivity (Wildman–Crippen MR) is 153 cm³/mol. The van der Waals surface area contributed by atoms with Crippen LogP contribution in [0.15, 0.2) is 65.1 Å². The zero-order valence-corrected chi connectivity index (χ0v) is 24.5. The molecular weight excluding hydrogens is 633 g/mol. The molecule has 1 heterocycles. The highest BCUT2D eigenvalue weighted by molar-refractivity contribution is 7.92. The second-order valence-electron chi connectivity index (χ2n) is 9.95. The lowest BCUT2D eigenvalue weighted by molar-refractivity contribution is -0.278. The zero-order chi connectivity index (χ0) is 33.3. The molecule has 1 aromatic heterocycles. The monoisotopic (exact) mass is 658 g/mol. The van der Waals surface area contributed by atoms with E-state index in [0.29, 0.717) is 5.56 Å². The Balaban J connectivity index is 1.95. The molecule has 240 valence electrons. The number of carbonyl (C=O) groups is 2. The van der Waals surface area contributed by atoms with Gasteiger partial charge < -0.3 is 9.73 Å². The van der Waals surface area contributed by atoms with Gasteiger partial charge in [-0.3, -0.25) is 13.9 Å². The fourth-order valence-electron chi connectivity index (χ4n) is 4.59. The SMILES string of the molecule is CCC(=O)c1c(-c2ccc(F)cc2)oc2cc(N(CCF)S(C)(=O)=O)c(-c3cccc(C(=O)NCC(F)(F)C(F)(F)F)c3)cc12. The number of hydrogen-bond donors (Lipinski definition) is 1. The number of anilines is 1. The lowest BCUT2D eigenvalue weighted by Gasteiger charge is -2.24. The van der Waals surface area contributed by atoms with E-state index in [-0.39, 0.29) is 51.1 Å². The molecule has 7 nitrogen and oxygen atoms in total. The van der Waals surface area contributed by atoms with Crippen LogP contribution in [-0.4, -0.2) is 58.2 Å². The van der Waals surface area contributed by atoms with Gasteiger partial charge in [-0.1, -0.05) is 19.1 Å². The molecule has 0 aliphatic carbocycles. The Hall–Kier alpha value is -4.40. The molecule has 0 aliphatic heterocycles. The van der Waals surface area contributed by atoms with E-state index >= 15 is 0 Å². The van der Waals surface area contributed by atoms with Gasteiger partial charge in [0.1, 0.15) is 23.8 Å². The van der Waals surface area contributed by atoms with E-state index in [1.165, 1.54) is 36.4 Å². The molecule has 0 saturated heterocycles. The van der Waals surface area contributed by atoms with E-state index in [4.69, 9.17) is 4.42 Å². The Morgan fingerprint density at radius 3 is 2.20 bits per heavy atom. The molecule has 0 bridgehead atoms. The maximum atomic E-state index is 13.6. The molecule has 0 fully saturated rings. The minimum absolute atomic E-state index is 0.00937. The number of alkyl halides is 6. The third kappa shape index (κ3) is 6.97. The van der Waals surface area contributed by atoms with Crippen molar-refractivity contribution in [3.05, 3.63) is 77.6 Å². The van der Waals surface area contributed by atoms with Crippen LogP contribution in [0.5, 0.6) is 0 Å². The lowest BCUT2D eigenvalue weighted by atomic mass is 9.95. The molecule has 3 aromatic carbocycles. The number of benzene rings is 3. The highest BCUT2D eigenvalue weighted by Crippen LogP contribution is 2.42. The number of nitrogens with zero attached hydrogens (tertiary/aromatic N) is 1. The molecule has 4 aromatic rings. The molecule has 0 unspecified atom stereocenters. The number of carbonyl (C=O) groups excluding carboxylic acids is 2. The summed E-state index contributed by atoms with van der Waals surface area (Å²) >= 11 is 0. The molecule has 1 N–H and O–H groups in total. The lowest BCUT2D eigenvalue weighted by Crippen LogP contribution is -2.46. The molecule has 4 rings (SSSR count). The minimum atomic E-state index is -5.90. The van der Waals surface area contributed by atoms with Gasteiger partial charge in [-0.15, -0.1) is 0 Å². The summed E-state index contributed by atoms with van der Waals surface area (Å²) in [6.45, 7) is -2.20. The largest absolute Gasteiger partial charge is 0.455 e. The van der Waals surface area contributed by atoms with Crippen molar-refractivity contribution in [1.82, 2.24) is 5.32 Å². The summed E-state index contributed by atoms with van der Waals surface area (Å²) in [5.41, 5.74) is 0.0378. The van der Waals surface area contributed by atoms with Gasteiger partial charge in [0.05, 0.1) is 30.6 Å². The summed E-state index contributed by atoms with van der Waals surface area (Å²) in [5, 5.41) is 1.73. The highest BCUT2D eigenvalue weighted by atomic mass is 32.2. The first-order valence-corrected chi connectivity index (χ1v) is 15.1. The molecule has 0 saturated carbocycles. The molecule has 0 atom stereocenters. The average Bonchev–Trinajstić information content (AvgIpc) is 3.35.